The summed E-state index contributed by atoms with van der Waals surface area (Å²) in [6.45, 7) is 5.16. The summed E-state index contributed by atoms with van der Waals surface area (Å²) in [5.41, 5.74) is 1.11. The number of rotatable bonds is 5. The van der Waals surface area contributed by atoms with Crippen molar-refractivity contribution in [3.05, 3.63) is 23.8 Å². The number of aliphatic hydroxyl groups excluding tert-OH is 1. The normalized spacial score (nSPS) is 16.1. The van der Waals surface area contributed by atoms with E-state index in [-0.39, 0.29) is 12.5 Å². The Bertz CT molecular complexity index is 381. The number of hydrogen-bond donors (Lipinski definition) is 2. The maximum Gasteiger partial charge on any atom is 0.165 e. The minimum absolute atomic E-state index is 0.208. The average molecular weight is 251 g/mol. The van der Waals surface area contributed by atoms with Crippen LogP contribution in [-0.4, -0.2) is 31.5 Å². The average Bonchev–Trinajstić information content (AvgIpc) is 2.64. The van der Waals surface area contributed by atoms with Crippen molar-refractivity contribution >= 4 is 0 Å². The van der Waals surface area contributed by atoms with Gasteiger partial charge in [-0.05, 0) is 12.0 Å². The molecule has 0 bridgehead atoms. The van der Waals surface area contributed by atoms with Gasteiger partial charge in [-0.15, -0.1) is 0 Å². The smallest absolute Gasteiger partial charge is 0.165 e. The second-order valence-corrected chi connectivity index (χ2v) is 4.71. The van der Waals surface area contributed by atoms with E-state index in [1.807, 2.05) is 25.1 Å². The minimum atomic E-state index is 0.208. The Morgan fingerprint density at radius 3 is 3.00 bits per heavy atom. The van der Waals surface area contributed by atoms with Crippen LogP contribution in [0.25, 0.3) is 0 Å². The van der Waals surface area contributed by atoms with E-state index in [4.69, 9.17) is 14.6 Å². The number of benzene rings is 1. The van der Waals surface area contributed by atoms with Crippen LogP contribution in [0.5, 0.6) is 11.5 Å². The van der Waals surface area contributed by atoms with E-state index in [0.29, 0.717) is 13.2 Å². The molecular formula is C14H21NO3. The molecule has 1 atom stereocenters. The summed E-state index contributed by atoms with van der Waals surface area (Å²) in [6.07, 6.45) is 0.920. The molecule has 0 aliphatic carbocycles. The van der Waals surface area contributed by atoms with Crippen molar-refractivity contribution < 1.29 is 14.6 Å². The van der Waals surface area contributed by atoms with Gasteiger partial charge in [-0.2, -0.15) is 0 Å². The molecule has 0 aromatic heterocycles. The van der Waals surface area contributed by atoms with E-state index < -0.39 is 0 Å². The highest BCUT2D eigenvalue weighted by atomic mass is 16.5. The summed E-state index contributed by atoms with van der Waals surface area (Å²) < 4.78 is 11.4. The molecule has 1 aromatic carbocycles. The van der Waals surface area contributed by atoms with Crippen LogP contribution < -0.4 is 14.8 Å². The molecule has 1 aromatic rings. The first-order valence-electron chi connectivity index (χ1n) is 6.50. The SMILES string of the molecule is CC(CO)CNCc1cccc2c1OCCCO2. The molecule has 0 fully saturated rings. The van der Waals surface area contributed by atoms with Crippen molar-refractivity contribution in [2.75, 3.05) is 26.4 Å². The first-order chi connectivity index (χ1) is 8.81. The third kappa shape index (κ3) is 3.37. The van der Waals surface area contributed by atoms with Gasteiger partial charge < -0.3 is 19.9 Å². The van der Waals surface area contributed by atoms with Crippen molar-refractivity contribution in [3.63, 3.8) is 0 Å². The van der Waals surface area contributed by atoms with Gasteiger partial charge in [0.2, 0.25) is 0 Å². The summed E-state index contributed by atoms with van der Waals surface area (Å²) >= 11 is 0. The van der Waals surface area contributed by atoms with E-state index in [1.54, 1.807) is 0 Å². The van der Waals surface area contributed by atoms with Crippen molar-refractivity contribution in [1.29, 1.82) is 0 Å². The molecule has 100 valence electrons. The van der Waals surface area contributed by atoms with Crippen molar-refractivity contribution in [2.24, 2.45) is 5.92 Å². The molecule has 0 spiro atoms. The molecule has 4 heteroatoms. The molecule has 1 unspecified atom stereocenters. The molecule has 0 saturated carbocycles. The minimum Gasteiger partial charge on any atom is -0.490 e. The molecule has 2 rings (SSSR count). The Morgan fingerprint density at radius 1 is 1.33 bits per heavy atom. The fraction of sp³-hybridized carbons (Fsp3) is 0.571. The van der Waals surface area contributed by atoms with E-state index >= 15 is 0 Å². The van der Waals surface area contributed by atoms with Gasteiger partial charge in [0, 0.05) is 31.7 Å². The van der Waals surface area contributed by atoms with Crippen molar-refractivity contribution in [2.45, 2.75) is 19.9 Å². The summed E-state index contributed by atoms with van der Waals surface area (Å²) in [4.78, 5) is 0. The fourth-order valence-electron chi connectivity index (χ4n) is 1.91. The van der Waals surface area contributed by atoms with Gasteiger partial charge in [-0.25, -0.2) is 0 Å². The Morgan fingerprint density at radius 2 is 2.17 bits per heavy atom. The van der Waals surface area contributed by atoms with E-state index in [9.17, 15) is 0 Å². The number of fused-ring (bicyclic) bond motifs is 1. The quantitative estimate of drug-likeness (QED) is 0.834. The fourth-order valence-corrected chi connectivity index (χ4v) is 1.91. The lowest BCUT2D eigenvalue weighted by atomic mass is 10.1. The van der Waals surface area contributed by atoms with Crippen molar-refractivity contribution in [1.82, 2.24) is 5.32 Å². The molecule has 2 N–H and O–H groups in total. The van der Waals surface area contributed by atoms with Crippen LogP contribution >= 0.6 is 0 Å². The van der Waals surface area contributed by atoms with Crippen LogP contribution in [0.1, 0.15) is 18.9 Å². The Labute approximate surface area is 108 Å². The molecule has 0 saturated heterocycles. The molecule has 4 nitrogen and oxygen atoms in total. The maximum atomic E-state index is 8.98. The highest BCUT2D eigenvalue weighted by molar-refractivity contribution is 5.46. The lowest BCUT2D eigenvalue weighted by molar-refractivity contribution is 0.233. The lowest BCUT2D eigenvalue weighted by Crippen LogP contribution is -2.23. The second kappa shape index (κ2) is 6.61. The van der Waals surface area contributed by atoms with Crippen LogP contribution in [0.2, 0.25) is 0 Å². The number of nitrogens with one attached hydrogen (secondary N) is 1. The van der Waals surface area contributed by atoms with Gasteiger partial charge in [0.1, 0.15) is 0 Å². The highest BCUT2D eigenvalue weighted by Gasteiger charge is 2.14. The zero-order valence-corrected chi connectivity index (χ0v) is 10.8. The first kappa shape index (κ1) is 13.2. The standard InChI is InChI=1S/C14H21NO3/c1-11(10-16)8-15-9-12-4-2-5-13-14(12)18-7-3-6-17-13/h2,4-5,11,15-16H,3,6-10H2,1H3. The predicted octanol–water partition coefficient (Wildman–Crippen LogP) is 1.57. The third-order valence-electron chi connectivity index (χ3n) is 2.97. The predicted molar refractivity (Wildman–Crippen MR) is 70.0 cm³/mol. The van der Waals surface area contributed by atoms with Crippen molar-refractivity contribution in [3.8, 4) is 11.5 Å². The van der Waals surface area contributed by atoms with Gasteiger partial charge in [-0.1, -0.05) is 19.1 Å². The van der Waals surface area contributed by atoms with Gasteiger partial charge in [0.25, 0.3) is 0 Å². The Balaban J connectivity index is 1.99. The third-order valence-corrected chi connectivity index (χ3v) is 2.97. The lowest BCUT2D eigenvalue weighted by Gasteiger charge is -2.14. The summed E-state index contributed by atoms with van der Waals surface area (Å²) in [6, 6.07) is 5.98. The van der Waals surface area contributed by atoms with Crippen LogP contribution in [0.15, 0.2) is 18.2 Å². The Kier molecular flexibility index (Phi) is 4.84. The Hall–Kier alpha value is -1.26. The zero-order chi connectivity index (χ0) is 12.8. The summed E-state index contributed by atoms with van der Waals surface area (Å²) in [7, 11) is 0. The molecule has 1 heterocycles. The number of hydrogen-bond acceptors (Lipinski definition) is 4. The first-order valence-corrected chi connectivity index (χ1v) is 6.50. The molecule has 1 aliphatic heterocycles. The van der Waals surface area contributed by atoms with Crippen LogP contribution in [0.4, 0.5) is 0 Å². The largest absolute Gasteiger partial charge is 0.490 e. The second-order valence-electron chi connectivity index (χ2n) is 4.71. The monoisotopic (exact) mass is 251 g/mol. The van der Waals surface area contributed by atoms with Crippen LogP contribution in [0.3, 0.4) is 0 Å². The van der Waals surface area contributed by atoms with Crippen LogP contribution in [-0.2, 0) is 6.54 Å². The zero-order valence-electron chi connectivity index (χ0n) is 10.8. The highest BCUT2D eigenvalue weighted by Crippen LogP contribution is 2.33. The number of ether oxygens (including phenoxy) is 2. The molecule has 18 heavy (non-hydrogen) atoms. The molecule has 1 aliphatic rings. The maximum absolute atomic E-state index is 8.98. The molecular weight excluding hydrogens is 230 g/mol. The van der Waals surface area contributed by atoms with Crippen LogP contribution in [0, 0.1) is 5.92 Å². The van der Waals surface area contributed by atoms with Gasteiger partial charge in [-0.3, -0.25) is 0 Å². The van der Waals surface area contributed by atoms with Gasteiger partial charge >= 0.3 is 0 Å². The molecule has 0 amide bonds. The van der Waals surface area contributed by atoms with E-state index in [1.165, 1.54) is 0 Å². The molecule has 0 radical (unpaired) electrons. The van der Waals surface area contributed by atoms with E-state index in [0.717, 1.165) is 36.6 Å². The van der Waals surface area contributed by atoms with Gasteiger partial charge in [0.05, 0.1) is 13.2 Å². The number of para-hydroxylation sites is 1. The van der Waals surface area contributed by atoms with E-state index in [2.05, 4.69) is 5.32 Å². The summed E-state index contributed by atoms with van der Waals surface area (Å²) in [5, 5.41) is 12.3. The van der Waals surface area contributed by atoms with Gasteiger partial charge in [0.15, 0.2) is 11.5 Å². The summed E-state index contributed by atoms with van der Waals surface area (Å²) in [5.74, 6) is 1.96. The topological polar surface area (TPSA) is 50.7 Å². The number of aliphatic hydroxyl groups is 1.